The van der Waals surface area contributed by atoms with Crippen LogP contribution in [0.3, 0.4) is 0 Å². The third-order valence-electron chi connectivity index (χ3n) is 2.59. The Morgan fingerprint density at radius 3 is 2.79 bits per heavy atom. The van der Waals surface area contributed by atoms with Crippen LogP contribution < -0.4 is 0 Å². The predicted octanol–water partition coefficient (Wildman–Crippen LogP) is 2.03. The zero-order chi connectivity index (χ0) is 10.2. The van der Waals surface area contributed by atoms with E-state index >= 15 is 0 Å². The molecule has 0 aromatic carbocycles. The van der Waals surface area contributed by atoms with E-state index in [-0.39, 0.29) is 0 Å². The summed E-state index contributed by atoms with van der Waals surface area (Å²) in [5.74, 6) is -0.704. The fourth-order valence-corrected chi connectivity index (χ4v) is 2.43. The van der Waals surface area contributed by atoms with Gasteiger partial charge in [-0.1, -0.05) is 0 Å². The highest BCUT2D eigenvalue weighted by atomic mass is 32.1. The zero-order valence-corrected chi connectivity index (χ0v) is 8.30. The summed E-state index contributed by atoms with van der Waals surface area (Å²) >= 11 is 1.39. The molecule has 1 aliphatic carbocycles. The normalized spacial score (nSPS) is 17.4. The van der Waals surface area contributed by atoms with E-state index < -0.39 is 11.4 Å². The van der Waals surface area contributed by atoms with E-state index in [1.807, 2.05) is 6.07 Å². The molecule has 1 aliphatic rings. The van der Waals surface area contributed by atoms with Crippen molar-refractivity contribution in [1.82, 2.24) is 0 Å². The van der Waals surface area contributed by atoms with Crippen molar-refractivity contribution >= 4 is 17.3 Å². The molecule has 14 heavy (non-hydrogen) atoms. The summed E-state index contributed by atoms with van der Waals surface area (Å²) in [5.41, 5.74) is -0.516. The van der Waals surface area contributed by atoms with Gasteiger partial charge in [-0.2, -0.15) is 5.26 Å². The lowest BCUT2D eigenvalue weighted by Crippen LogP contribution is -2.16. The van der Waals surface area contributed by atoms with Crippen molar-refractivity contribution in [3.05, 3.63) is 21.9 Å². The highest BCUT2D eigenvalue weighted by molar-refractivity contribution is 7.12. The topological polar surface area (TPSA) is 61.1 Å². The minimum Gasteiger partial charge on any atom is -0.481 e. The molecule has 1 heterocycles. The zero-order valence-electron chi connectivity index (χ0n) is 7.49. The van der Waals surface area contributed by atoms with Gasteiger partial charge < -0.3 is 5.11 Å². The van der Waals surface area contributed by atoms with E-state index in [9.17, 15) is 4.79 Å². The maximum Gasteiger partial charge on any atom is 0.309 e. The monoisotopic (exact) mass is 207 g/mol. The van der Waals surface area contributed by atoms with Crippen LogP contribution in [-0.4, -0.2) is 11.1 Å². The van der Waals surface area contributed by atoms with Crippen molar-refractivity contribution in [2.75, 3.05) is 0 Å². The van der Waals surface area contributed by atoms with E-state index in [2.05, 4.69) is 6.07 Å². The van der Waals surface area contributed by atoms with Gasteiger partial charge in [0.1, 0.15) is 10.9 Å². The Balaban J connectivity index is 2.12. The molecule has 0 unspecified atom stereocenters. The second kappa shape index (κ2) is 3.10. The Kier molecular flexibility index (Phi) is 2.05. The fourth-order valence-electron chi connectivity index (χ4n) is 1.48. The van der Waals surface area contributed by atoms with E-state index in [1.54, 1.807) is 6.07 Å². The highest BCUT2D eigenvalue weighted by Crippen LogP contribution is 2.49. The number of rotatable bonds is 3. The highest BCUT2D eigenvalue weighted by Gasteiger charge is 2.50. The molecule has 0 spiro atoms. The molecule has 3 nitrogen and oxygen atoms in total. The largest absolute Gasteiger partial charge is 0.481 e. The lowest BCUT2D eigenvalue weighted by Gasteiger charge is -2.06. The lowest BCUT2D eigenvalue weighted by atomic mass is 10.0. The summed E-state index contributed by atoms with van der Waals surface area (Å²) in [4.78, 5) is 12.6. The van der Waals surface area contributed by atoms with Crippen LogP contribution in [-0.2, 0) is 11.2 Å². The molecule has 0 amide bonds. The van der Waals surface area contributed by atoms with Crippen LogP contribution in [0.2, 0.25) is 0 Å². The van der Waals surface area contributed by atoms with Crippen molar-refractivity contribution in [3.8, 4) is 6.07 Å². The van der Waals surface area contributed by atoms with Gasteiger partial charge in [-0.3, -0.25) is 4.79 Å². The Bertz CT molecular complexity index is 412. The van der Waals surface area contributed by atoms with Gasteiger partial charge in [0, 0.05) is 4.88 Å². The third kappa shape index (κ3) is 1.51. The van der Waals surface area contributed by atoms with Gasteiger partial charge in [0.25, 0.3) is 0 Å². The van der Waals surface area contributed by atoms with Gasteiger partial charge in [-0.15, -0.1) is 11.3 Å². The summed E-state index contributed by atoms with van der Waals surface area (Å²) in [6, 6.07) is 5.66. The number of carboxylic acid groups (broad SMARTS) is 1. The van der Waals surface area contributed by atoms with Crippen LogP contribution in [0, 0.1) is 16.7 Å². The molecule has 0 atom stereocenters. The number of nitrogens with zero attached hydrogens (tertiary/aromatic N) is 1. The van der Waals surface area contributed by atoms with E-state index in [1.165, 1.54) is 11.3 Å². The standard InChI is InChI=1S/C10H9NO2S/c11-6-8-2-1-7(14-8)5-10(3-4-10)9(12)13/h1-2H,3-5H2,(H,12,13). The minimum atomic E-state index is -0.704. The number of carboxylic acids is 1. The van der Waals surface area contributed by atoms with Crippen LogP contribution in [0.4, 0.5) is 0 Å². The van der Waals surface area contributed by atoms with Crippen LogP contribution in [0.5, 0.6) is 0 Å². The second-order valence-electron chi connectivity index (χ2n) is 3.64. The Morgan fingerprint density at radius 2 is 2.36 bits per heavy atom. The van der Waals surface area contributed by atoms with Crippen molar-refractivity contribution in [3.63, 3.8) is 0 Å². The molecule has 1 aromatic rings. The molecule has 0 aliphatic heterocycles. The van der Waals surface area contributed by atoms with E-state index in [4.69, 9.17) is 10.4 Å². The first-order valence-electron chi connectivity index (χ1n) is 4.38. The number of thiophene rings is 1. The number of hydrogen-bond donors (Lipinski definition) is 1. The van der Waals surface area contributed by atoms with Gasteiger partial charge in [-0.25, -0.2) is 0 Å². The van der Waals surface area contributed by atoms with Gasteiger partial charge >= 0.3 is 5.97 Å². The molecule has 1 N–H and O–H groups in total. The van der Waals surface area contributed by atoms with Crippen LogP contribution >= 0.6 is 11.3 Å². The first-order valence-corrected chi connectivity index (χ1v) is 5.20. The summed E-state index contributed by atoms with van der Waals surface area (Å²) in [5, 5.41) is 17.6. The molecule has 1 fully saturated rings. The van der Waals surface area contributed by atoms with Gasteiger partial charge in [0.15, 0.2) is 0 Å². The smallest absolute Gasteiger partial charge is 0.309 e. The number of aliphatic carboxylic acids is 1. The summed E-state index contributed by atoms with van der Waals surface area (Å²) in [7, 11) is 0. The summed E-state index contributed by atoms with van der Waals surface area (Å²) in [6.07, 6.45) is 2.11. The van der Waals surface area contributed by atoms with Crippen molar-refractivity contribution in [1.29, 1.82) is 5.26 Å². The predicted molar refractivity (Wildman–Crippen MR) is 52.0 cm³/mol. The molecule has 4 heteroatoms. The van der Waals surface area contributed by atoms with Crippen molar-refractivity contribution < 1.29 is 9.90 Å². The number of nitriles is 1. The van der Waals surface area contributed by atoms with Gasteiger partial charge in [-0.05, 0) is 31.4 Å². The fraction of sp³-hybridized carbons (Fsp3) is 0.400. The first-order chi connectivity index (χ1) is 6.66. The van der Waals surface area contributed by atoms with Crippen LogP contribution in [0.15, 0.2) is 12.1 Å². The molecule has 1 aromatic heterocycles. The average Bonchev–Trinajstić information content (AvgIpc) is 2.78. The Morgan fingerprint density at radius 1 is 1.64 bits per heavy atom. The molecule has 0 radical (unpaired) electrons. The molecule has 1 saturated carbocycles. The molecule has 72 valence electrons. The van der Waals surface area contributed by atoms with Crippen LogP contribution in [0.1, 0.15) is 22.6 Å². The summed E-state index contributed by atoms with van der Waals surface area (Å²) < 4.78 is 0. The van der Waals surface area contributed by atoms with E-state index in [0.29, 0.717) is 11.3 Å². The average molecular weight is 207 g/mol. The Labute approximate surface area is 85.6 Å². The molecule has 2 rings (SSSR count). The molecular weight excluding hydrogens is 198 g/mol. The van der Waals surface area contributed by atoms with Gasteiger partial charge in [0.05, 0.1) is 5.41 Å². The quantitative estimate of drug-likeness (QED) is 0.824. The van der Waals surface area contributed by atoms with Crippen molar-refractivity contribution in [2.45, 2.75) is 19.3 Å². The second-order valence-corrected chi connectivity index (χ2v) is 4.81. The third-order valence-corrected chi connectivity index (χ3v) is 3.58. The maximum atomic E-state index is 10.9. The SMILES string of the molecule is N#Cc1ccc(CC2(C(=O)O)CC2)s1. The molecule has 0 saturated heterocycles. The molecular formula is C10H9NO2S. The lowest BCUT2D eigenvalue weighted by molar-refractivity contribution is -0.143. The first kappa shape index (κ1) is 9.22. The number of hydrogen-bond acceptors (Lipinski definition) is 3. The van der Waals surface area contributed by atoms with Crippen molar-refractivity contribution in [2.24, 2.45) is 5.41 Å². The summed E-state index contributed by atoms with van der Waals surface area (Å²) in [6.45, 7) is 0. The van der Waals surface area contributed by atoms with Gasteiger partial charge in [0.2, 0.25) is 0 Å². The van der Waals surface area contributed by atoms with E-state index in [0.717, 1.165) is 17.7 Å². The van der Waals surface area contributed by atoms with Crippen LogP contribution in [0.25, 0.3) is 0 Å². The Hall–Kier alpha value is -1.34. The number of carbonyl (C=O) groups is 1. The molecule has 0 bridgehead atoms. The maximum absolute atomic E-state index is 10.9. The minimum absolute atomic E-state index is 0.516.